The van der Waals surface area contributed by atoms with Gasteiger partial charge in [0.25, 0.3) is 5.91 Å². The van der Waals surface area contributed by atoms with Crippen LogP contribution in [-0.4, -0.2) is 11.0 Å². The summed E-state index contributed by atoms with van der Waals surface area (Å²) in [5.74, 6) is -0.130. The molecular weight excluding hydrogens is 370 g/mol. The maximum atomic E-state index is 12.9. The number of fused-ring (bicyclic) bond motifs is 1. The highest BCUT2D eigenvalue weighted by molar-refractivity contribution is 6.31. The van der Waals surface area contributed by atoms with Gasteiger partial charge in [-0.2, -0.15) is 0 Å². The van der Waals surface area contributed by atoms with E-state index in [1.165, 1.54) is 0 Å². The van der Waals surface area contributed by atoms with Gasteiger partial charge in [-0.3, -0.25) is 4.79 Å². The first kappa shape index (κ1) is 18.1. The Balaban J connectivity index is 1.89. The summed E-state index contributed by atoms with van der Waals surface area (Å²) in [7, 11) is 0. The van der Waals surface area contributed by atoms with E-state index in [4.69, 9.17) is 11.6 Å². The number of carbonyl (C=O) groups excluding carboxylic acids is 1. The molecule has 28 heavy (non-hydrogen) atoms. The maximum Gasteiger partial charge on any atom is 0.252 e. The summed E-state index contributed by atoms with van der Waals surface area (Å²) >= 11 is 6.47. The Morgan fingerprint density at radius 1 is 0.821 bits per heavy atom. The van der Waals surface area contributed by atoms with Crippen molar-refractivity contribution in [3.05, 3.63) is 113 Å². The average Bonchev–Trinajstić information content (AvgIpc) is 2.73. The number of aromatic hydroxyl groups is 1. The number of halogens is 1. The molecule has 0 spiro atoms. The van der Waals surface area contributed by atoms with Gasteiger partial charge in [-0.25, -0.2) is 0 Å². The summed E-state index contributed by atoms with van der Waals surface area (Å²) in [5.41, 5.74) is 1.88. The number of hydrogen-bond donors (Lipinski definition) is 2. The summed E-state index contributed by atoms with van der Waals surface area (Å²) in [6, 6.07) is 27.0. The van der Waals surface area contributed by atoms with Crippen LogP contribution in [0.25, 0.3) is 10.8 Å². The molecule has 0 aliphatic heterocycles. The normalized spacial score (nSPS) is 11.9. The fourth-order valence-corrected chi connectivity index (χ4v) is 3.65. The molecule has 4 aromatic rings. The first-order valence-corrected chi connectivity index (χ1v) is 9.34. The van der Waals surface area contributed by atoms with Crippen molar-refractivity contribution in [3.63, 3.8) is 0 Å². The second kappa shape index (κ2) is 7.75. The zero-order valence-electron chi connectivity index (χ0n) is 15.0. The van der Waals surface area contributed by atoms with Crippen LogP contribution in [0.2, 0.25) is 5.02 Å². The summed E-state index contributed by atoms with van der Waals surface area (Å²) in [6.07, 6.45) is 0. The van der Waals surface area contributed by atoms with Gasteiger partial charge in [0, 0.05) is 16.1 Å². The zero-order chi connectivity index (χ0) is 19.5. The number of rotatable bonds is 4. The van der Waals surface area contributed by atoms with Crippen molar-refractivity contribution >= 4 is 28.3 Å². The van der Waals surface area contributed by atoms with Gasteiger partial charge in [0.1, 0.15) is 5.75 Å². The Morgan fingerprint density at radius 2 is 1.50 bits per heavy atom. The molecule has 1 atom stereocenters. The summed E-state index contributed by atoms with van der Waals surface area (Å²) in [4.78, 5) is 12.9. The Bertz CT molecular complexity index is 1140. The molecule has 0 bridgehead atoms. The Hall–Kier alpha value is -3.30. The van der Waals surface area contributed by atoms with Gasteiger partial charge in [-0.05, 0) is 40.6 Å². The molecule has 0 aliphatic rings. The SMILES string of the molecule is O=C(N[C@@H](c1ccccc1Cl)c1c(O)ccc2ccccc12)c1ccccc1. The summed E-state index contributed by atoms with van der Waals surface area (Å²) in [5, 5.41) is 16.1. The zero-order valence-corrected chi connectivity index (χ0v) is 15.7. The monoisotopic (exact) mass is 387 g/mol. The highest BCUT2D eigenvalue weighted by atomic mass is 35.5. The number of hydrogen-bond acceptors (Lipinski definition) is 2. The van der Waals surface area contributed by atoms with Crippen LogP contribution in [0.4, 0.5) is 0 Å². The molecule has 4 aromatic carbocycles. The molecule has 0 unspecified atom stereocenters. The van der Waals surface area contributed by atoms with Crippen molar-refractivity contribution in [1.82, 2.24) is 5.32 Å². The highest BCUT2D eigenvalue weighted by Gasteiger charge is 2.24. The first-order valence-electron chi connectivity index (χ1n) is 8.96. The molecule has 0 aromatic heterocycles. The van der Waals surface area contributed by atoms with Crippen LogP contribution in [0.1, 0.15) is 27.5 Å². The van der Waals surface area contributed by atoms with Gasteiger partial charge in [0.2, 0.25) is 0 Å². The first-order chi connectivity index (χ1) is 13.6. The number of amides is 1. The smallest absolute Gasteiger partial charge is 0.252 e. The second-order valence-corrected chi connectivity index (χ2v) is 6.92. The lowest BCUT2D eigenvalue weighted by Crippen LogP contribution is -2.29. The van der Waals surface area contributed by atoms with Crippen LogP contribution in [0.3, 0.4) is 0 Å². The van der Waals surface area contributed by atoms with E-state index in [0.29, 0.717) is 16.1 Å². The number of carbonyl (C=O) groups is 1. The minimum Gasteiger partial charge on any atom is -0.508 e. The minimum atomic E-state index is -0.604. The van der Waals surface area contributed by atoms with E-state index in [1.54, 1.807) is 24.3 Å². The predicted octanol–water partition coefficient (Wildman–Crippen LogP) is 5.72. The van der Waals surface area contributed by atoms with E-state index in [2.05, 4.69) is 5.32 Å². The summed E-state index contributed by atoms with van der Waals surface area (Å²) in [6.45, 7) is 0. The molecule has 0 saturated carbocycles. The van der Waals surface area contributed by atoms with Crippen molar-refractivity contribution in [2.75, 3.05) is 0 Å². The highest BCUT2D eigenvalue weighted by Crippen LogP contribution is 2.38. The molecule has 138 valence electrons. The maximum absolute atomic E-state index is 12.9. The van der Waals surface area contributed by atoms with Gasteiger partial charge in [0.05, 0.1) is 6.04 Å². The van der Waals surface area contributed by atoms with Crippen LogP contribution < -0.4 is 5.32 Å². The number of phenols is 1. The third-order valence-electron chi connectivity index (χ3n) is 4.76. The topological polar surface area (TPSA) is 49.3 Å². The number of benzene rings is 4. The van der Waals surface area contributed by atoms with Crippen molar-refractivity contribution in [2.24, 2.45) is 0 Å². The molecule has 4 heteroatoms. The molecule has 0 radical (unpaired) electrons. The Labute approximate surface area is 168 Å². The summed E-state index contributed by atoms with van der Waals surface area (Å²) < 4.78 is 0. The largest absolute Gasteiger partial charge is 0.508 e. The lowest BCUT2D eigenvalue weighted by atomic mass is 9.92. The van der Waals surface area contributed by atoms with Crippen LogP contribution >= 0.6 is 11.6 Å². The van der Waals surface area contributed by atoms with E-state index in [9.17, 15) is 9.90 Å². The minimum absolute atomic E-state index is 0.108. The van der Waals surface area contributed by atoms with Gasteiger partial charge in [-0.1, -0.05) is 78.3 Å². The van der Waals surface area contributed by atoms with Crippen molar-refractivity contribution < 1.29 is 9.90 Å². The van der Waals surface area contributed by atoms with Crippen molar-refractivity contribution in [1.29, 1.82) is 0 Å². The number of phenolic OH excluding ortho intramolecular Hbond substituents is 1. The number of nitrogens with one attached hydrogen (secondary N) is 1. The molecular formula is C24H18ClNO2. The van der Waals surface area contributed by atoms with Crippen LogP contribution in [0, 0.1) is 0 Å². The van der Waals surface area contributed by atoms with E-state index in [1.807, 2.05) is 66.7 Å². The van der Waals surface area contributed by atoms with Crippen molar-refractivity contribution in [2.45, 2.75) is 6.04 Å². The van der Waals surface area contributed by atoms with E-state index < -0.39 is 6.04 Å². The van der Waals surface area contributed by atoms with E-state index >= 15 is 0 Å². The van der Waals surface area contributed by atoms with Gasteiger partial charge in [0.15, 0.2) is 0 Å². The van der Waals surface area contributed by atoms with Crippen molar-refractivity contribution in [3.8, 4) is 5.75 Å². The van der Waals surface area contributed by atoms with E-state index in [0.717, 1.165) is 16.3 Å². The fourth-order valence-electron chi connectivity index (χ4n) is 3.41. The second-order valence-electron chi connectivity index (χ2n) is 6.51. The Kier molecular flexibility index (Phi) is 5.00. The average molecular weight is 388 g/mol. The molecule has 1 amide bonds. The lowest BCUT2D eigenvalue weighted by Gasteiger charge is -2.23. The van der Waals surface area contributed by atoms with Gasteiger partial charge < -0.3 is 10.4 Å². The van der Waals surface area contributed by atoms with Crippen LogP contribution in [0.15, 0.2) is 91.0 Å². The van der Waals surface area contributed by atoms with Gasteiger partial charge >= 0.3 is 0 Å². The van der Waals surface area contributed by atoms with Crippen LogP contribution in [0.5, 0.6) is 5.75 Å². The predicted molar refractivity (Wildman–Crippen MR) is 113 cm³/mol. The third-order valence-corrected chi connectivity index (χ3v) is 5.11. The molecule has 0 fully saturated rings. The lowest BCUT2D eigenvalue weighted by molar-refractivity contribution is 0.0943. The fraction of sp³-hybridized carbons (Fsp3) is 0.0417. The standard InChI is InChI=1S/C24H18ClNO2/c25-20-13-7-6-12-19(20)23(26-24(28)17-9-2-1-3-10-17)22-18-11-5-4-8-16(18)14-15-21(22)27/h1-15,23,27H,(H,26,28)/t23-/m0/s1. The molecule has 0 aliphatic carbocycles. The molecule has 0 heterocycles. The molecule has 2 N–H and O–H groups in total. The third kappa shape index (κ3) is 3.45. The molecule has 4 rings (SSSR count). The quantitative estimate of drug-likeness (QED) is 0.470. The van der Waals surface area contributed by atoms with Crippen LogP contribution in [-0.2, 0) is 0 Å². The van der Waals surface area contributed by atoms with Gasteiger partial charge in [-0.15, -0.1) is 0 Å². The Morgan fingerprint density at radius 3 is 2.29 bits per heavy atom. The van der Waals surface area contributed by atoms with E-state index in [-0.39, 0.29) is 11.7 Å². The molecule has 3 nitrogen and oxygen atoms in total. The molecule has 0 saturated heterocycles.